The number of rotatable bonds is 3. The van der Waals surface area contributed by atoms with Crippen LogP contribution in [0.25, 0.3) is 0 Å². The molecule has 3 rings (SSSR count). The predicted molar refractivity (Wildman–Crippen MR) is 86.4 cm³/mol. The first-order valence-corrected chi connectivity index (χ1v) is 8.45. The minimum absolute atomic E-state index is 0.00153. The first-order chi connectivity index (χ1) is 10.6. The Labute approximate surface area is 132 Å². The molecular weight excluding hydrogens is 276 g/mol. The zero-order valence-electron chi connectivity index (χ0n) is 13.4. The number of hydrogen-bond acceptors (Lipinski definition) is 3. The first kappa shape index (κ1) is 15.5. The molecule has 120 valence electrons. The van der Waals surface area contributed by atoms with Crippen molar-refractivity contribution >= 4 is 5.91 Å². The van der Waals surface area contributed by atoms with Crippen LogP contribution in [0.5, 0.6) is 0 Å². The van der Waals surface area contributed by atoms with E-state index in [0.29, 0.717) is 25.9 Å². The molecule has 2 fully saturated rings. The van der Waals surface area contributed by atoms with Crippen molar-refractivity contribution in [2.45, 2.75) is 44.2 Å². The molecule has 4 heteroatoms. The van der Waals surface area contributed by atoms with Crippen LogP contribution >= 0.6 is 0 Å². The van der Waals surface area contributed by atoms with Crippen molar-refractivity contribution in [2.75, 3.05) is 26.2 Å². The average molecular weight is 302 g/mol. The molecule has 0 saturated carbocycles. The summed E-state index contributed by atoms with van der Waals surface area (Å²) in [7, 11) is 0. The fourth-order valence-electron chi connectivity index (χ4n) is 3.91. The Balaban J connectivity index is 1.89. The number of carbonyl (C=O) groups excluding carboxylic acids is 1. The van der Waals surface area contributed by atoms with Gasteiger partial charge in [-0.25, -0.2) is 0 Å². The number of nitrogens with zero attached hydrogens (tertiary/aromatic N) is 2. The summed E-state index contributed by atoms with van der Waals surface area (Å²) in [6.45, 7) is 5.23. The quantitative estimate of drug-likeness (QED) is 0.928. The van der Waals surface area contributed by atoms with Crippen LogP contribution in [0, 0.1) is 0 Å². The van der Waals surface area contributed by atoms with E-state index in [1.807, 2.05) is 42.2 Å². The lowest BCUT2D eigenvalue weighted by Crippen LogP contribution is -2.61. The van der Waals surface area contributed by atoms with Crippen LogP contribution in [0.3, 0.4) is 0 Å². The molecule has 1 aromatic carbocycles. The number of carbonyl (C=O) groups is 1. The summed E-state index contributed by atoms with van der Waals surface area (Å²) in [5, 5.41) is 11.5. The van der Waals surface area contributed by atoms with Crippen molar-refractivity contribution in [3.8, 4) is 0 Å². The molecule has 0 aliphatic carbocycles. The zero-order valence-corrected chi connectivity index (χ0v) is 13.4. The van der Waals surface area contributed by atoms with Gasteiger partial charge < -0.3 is 10.0 Å². The maximum Gasteiger partial charge on any atom is 0.222 e. The highest BCUT2D eigenvalue weighted by atomic mass is 16.3. The number of amides is 1. The molecule has 4 nitrogen and oxygen atoms in total. The van der Waals surface area contributed by atoms with Gasteiger partial charge in [0.25, 0.3) is 0 Å². The third-order valence-corrected chi connectivity index (χ3v) is 5.22. The highest BCUT2D eigenvalue weighted by Gasteiger charge is 2.46. The molecular formula is C18H26N2O2. The second-order valence-electron chi connectivity index (χ2n) is 6.49. The highest BCUT2D eigenvalue weighted by molar-refractivity contribution is 5.76. The fraction of sp³-hybridized carbons (Fsp3) is 0.611. The summed E-state index contributed by atoms with van der Waals surface area (Å²) in [6, 6.07) is 9.98. The van der Waals surface area contributed by atoms with Crippen molar-refractivity contribution in [3.05, 3.63) is 35.9 Å². The van der Waals surface area contributed by atoms with Gasteiger partial charge >= 0.3 is 0 Å². The van der Waals surface area contributed by atoms with Gasteiger partial charge in [0.05, 0.1) is 6.04 Å². The van der Waals surface area contributed by atoms with Crippen LogP contribution in [0.1, 0.15) is 38.2 Å². The Hall–Kier alpha value is -1.39. The number of aliphatic hydroxyl groups is 1. The minimum atomic E-state index is -0.851. The third-order valence-electron chi connectivity index (χ3n) is 5.22. The largest absolute Gasteiger partial charge is 0.383 e. The standard InChI is InChI=1S/C18H26N2O2/c1-2-17(21)20-13-10-18(22,15-8-4-3-5-9-15)16(14-20)19-11-6-7-12-19/h3-5,8-9,16,22H,2,6-7,10-14H2,1H3/t16-,18?/m1/s1. The molecule has 1 aromatic rings. The van der Waals surface area contributed by atoms with Crippen LogP contribution in [0.4, 0.5) is 0 Å². The van der Waals surface area contributed by atoms with Gasteiger partial charge in [-0.2, -0.15) is 0 Å². The first-order valence-electron chi connectivity index (χ1n) is 8.45. The lowest BCUT2D eigenvalue weighted by molar-refractivity contribution is -0.142. The van der Waals surface area contributed by atoms with Crippen LogP contribution < -0.4 is 0 Å². The van der Waals surface area contributed by atoms with E-state index in [9.17, 15) is 9.90 Å². The molecule has 0 aromatic heterocycles. The van der Waals surface area contributed by atoms with Gasteiger partial charge in [0, 0.05) is 19.5 Å². The summed E-state index contributed by atoms with van der Waals surface area (Å²) in [5.74, 6) is 0.194. The minimum Gasteiger partial charge on any atom is -0.383 e. The van der Waals surface area contributed by atoms with E-state index in [0.717, 1.165) is 18.7 Å². The van der Waals surface area contributed by atoms with Gasteiger partial charge in [0.1, 0.15) is 5.60 Å². The summed E-state index contributed by atoms with van der Waals surface area (Å²) in [6.07, 6.45) is 3.52. The van der Waals surface area contributed by atoms with E-state index in [1.54, 1.807) is 0 Å². The summed E-state index contributed by atoms with van der Waals surface area (Å²) < 4.78 is 0. The van der Waals surface area contributed by atoms with E-state index in [-0.39, 0.29) is 11.9 Å². The van der Waals surface area contributed by atoms with Crippen LogP contribution in [0.15, 0.2) is 30.3 Å². The normalized spacial score (nSPS) is 29.7. The molecule has 2 aliphatic rings. The van der Waals surface area contributed by atoms with Crippen LogP contribution in [0.2, 0.25) is 0 Å². The molecule has 1 N–H and O–H groups in total. The topological polar surface area (TPSA) is 43.8 Å². The van der Waals surface area contributed by atoms with Gasteiger partial charge in [0.2, 0.25) is 5.91 Å². The zero-order chi connectivity index (χ0) is 15.6. The van der Waals surface area contributed by atoms with E-state index >= 15 is 0 Å². The number of piperidine rings is 1. The van der Waals surface area contributed by atoms with E-state index in [1.165, 1.54) is 12.8 Å². The van der Waals surface area contributed by atoms with E-state index in [4.69, 9.17) is 0 Å². The molecule has 0 radical (unpaired) electrons. The fourth-order valence-corrected chi connectivity index (χ4v) is 3.91. The molecule has 0 bridgehead atoms. The van der Waals surface area contributed by atoms with Gasteiger partial charge in [-0.1, -0.05) is 37.3 Å². The van der Waals surface area contributed by atoms with E-state index < -0.39 is 5.60 Å². The number of likely N-dealkylation sites (tertiary alicyclic amines) is 2. The molecule has 2 atom stereocenters. The van der Waals surface area contributed by atoms with Crippen molar-refractivity contribution in [2.24, 2.45) is 0 Å². The highest BCUT2D eigenvalue weighted by Crippen LogP contribution is 2.37. The molecule has 22 heavy (non-hydrogen) atoms. The Morgan fingerprint density at radius 2 is 1.91 bits per heavy atom. The Morgan fingerprint density at radius 3 is 2.55 bits per heavy atom. The van der Waals surface area contributed by atoms with Gasteiger partial charge in [0.15, 0.2) is 0 Å². The van der Waals surface area contributed by atoms with Gasteiger partial charge in [-0.05, 0) is 37.9 Å². The maximum atomic E-state index is 12.1. The lowest BCUT2D eigenvalue weighted by atomic mass is 9.79. The predicted octanol–water partition coefficient (Wildman–Crippen LogP) is 1.98. The molecule has 2 saturated heterocycles. The summed E-state index contributed by atoms with van der Waals surface area (Å²) >= 11 is 0. The molecule has 2 aliphatic heterocycles. The van der Waals surface area contributed by atoms with Crippen molar-refractivity contribution in [3.63, 3.8) is 0 Å². The maximum absolute atomic E-state index is 12.1. The summed E-state index contributed by atoms with van der Waals surface area (Å²) in [4.78, 5) is 16.4. The Morgan fingerprint density at radius 1 is 1.23 bits per heavy atom. The van der Waals surface area contributed by atoms with Crippen LogP contribution in [-0.4, -0.2) is 53.0 Å². The molecule has 1 amide bonds. The monoisotopic (exact) mass is 302 g/mol. The van der Waals surface area contributed by atoms with Gasteiger partial charge in [-0.15, -0.1) is 0 Å². The second kappa shape index (κ2) is 6.39. The molecule has 2 heterocycles. The van der Waals surface area contributed by atoms with Crippen molar-refractivity contribution in [1.82, 2.24) is 9.80 Å². The second-order valence-corrected chi connectivity index (χ2v) is 6.49. The number of hydrogen-bond donors (Lipinski definition) is 1. The third kappa shape index (κ3) is 2.77. The van der Waals surface area contributed by atoms with Gasteiger partial charge in [-0.3, -0.25) is 9.69 Å². The summed E-state index contributed by atoms with van der Waals surface area (Å²) in [5.41, 5.74) is 0.131. The van der Waals surface area contributed by atoms with Crippen molar-refractivity contribution in [1.29, 1.82) is 0 Å². The number of benzene rings is 1. The Kier molecular flexibility index (Phi) is 4.50. The Bertz CT molecular complexity index is 513. The van der Waals surface area contributed by atoms with Crippen LogP contribution in [-0.2, 0) is 10.4 Å². The molecule has 0 spiro atoms. The smallest absolute Gasteiger partial charge is 0.222 e. The average Bonchev–Trinajstić information content (AvgIpc) is 3.09. The SMILES string of the molecule is CCC(=O)N1CCC(O)(c2ccccc2)[C@H](N2CCCC2)C1. The lowest BCUT2D eigenvalue weighted by Gasteiger charge is -2.48. The van der Waals surface area contributed by atoms with E-state index in [2.05, 4.69) is 4.90 Å². The van der Waals surface area contributed by atoms with Crippen molar-refractivity contribution < 1.29 is 9.90 Å². The molecule has 1 unspecified atom stereocenters.